The minimum atomic E-state index is -0.416. The van der Waals surface area contributed by atoms with Gasteiger partial charge in [0.2, 0.25) is 0 Å². The number of rotatable bonds is 2. The number of hydrogen-bond donors (Lipinski definition) is 1. The van der Waals surface area contributed by atoms with Gasteiger partial charge >= 0.3 is 0 Å². The number of aromatic amines is 1. The Kier molecular flexibility index (Phi) is 2.92. The van der Waals surface area contributed by atoms with Crippen molar-refractivity contribution in [1.29, 1.82) is 0 Å². The maximum atomic E-state index is 11.5. The highest BCUT2D eigenvalue weighted by molar-refractivity contribution is 5.89. The molecule has 0 radical (unpaired) electrons. The van der Waals surface area contributed by atoms with E-state index in [1.54, 1.807) is 0 Å². The van der Waals surface area contributed by atoms with Gasteiger partial charge in [-0.25, -0.2) is 4.98 Å². The highest BCUT2D eigenvalue weighted by atomic mass is 16.3. The Morgan fingerprint density at radius 3 is 2.62 bits per heavy atom. The van der Waals surface area contributed by atoms with Crippen LogP contribution in [0.4, 0.5) is 0 Å². The zero-order valence-corrected chi connectivity index (χ0v) is 13.2. The van der Waals surface area contributed by atoms with Crippen LogP contribution in [-0.2, 0) is 12.8 Å². The van der Waals surface area contributed by atoms with Crippen LogP contribution in [0.5, 0.6) is 0 Å². The van der Waals surface area contributed by atoms with Crippen molar-refractivity contribution < 1.29 is 0 Å². The minimum Gasteiger partial charge on any atom is -0.342 e. The number of H-pyrrole nitrogens is 1. The second kappa shape index (κ2) is 5.13. The largest absolute Gasteiger partial charge is 0.342 e. The van der Waals surface area contributed by atoms with Gasteiger partial charge in [0.1, 0.15) is 11.9 Å². The molecule has 4 nitrogen and oxygen atoms in total. The molecule has 5 rings (SSSR count). The van der Waals surface area contributed by atoms with E-state index in [9.17, 15) is 4.91 Å². The molecular weight excluding hydrogens is 298 g/mol. The first kappa shape index (κ1) is 13.7. The van der Waals surface area contributed by atoms with Crippen molar-refractivity contribution >= 4 is 0 Å². The van der Waals surface area contributed by atoms with Gasteiger partial charge in [-0.2, -0.15) is 0 Å². The van der Waals surface area contributed by atoms with Crippen molar-refractivity contribution in [2.24, 2.45) is 5.18 Å². The topological polar surface area (TPSA) is 58.1 Å². The number of aryl methyl sites for hydroxylation is 2. The molecule has 0 amide bonds. The number of benzene rings is 2. The van der Waals surface area contributed by atoms with Crippen molar-refractivity contribution in [2.75, 3.05) is 0 Å². The van der Waals surface area contributed by atoms with Gasteiger partial charge in [0, 0.05) is 11.3 Å². The summed E-state index contributed by atoms with van der Waals surface area (Å²) in [6.45, 7) is 0. The first-order valence-corrected chi connectivity index (χ1v) is 8.49. The average Bonchev–Trinajstić information content (AvgIpc) is 3.20. The van der Waals surface area contributed by atoms with Crippen LogP contribution < -0.4 is 0 Å². The van der Waals surface area contributed by atoms with Crippen molar-refractivity contribution in [3.8, 4) is 22.5 Å². The number of nitrogens with zero attached hydrogens (tertiary/aromatic N) is 2. The molecule has 1 aromatic heterocycles. The molecule has 3 aromatic rings. The fourth-order valence-electron chi connectivity index (χ4n) is 4.12. The third-order valence-corrected chi connectivity index (χ3v) is 5.23. The smallest absolute Gasteiger partial charge is 0.143 e. The molecule has 0 bridgehead atoms. The Hall–Kier alpha value is -2.75. The quantitative estimate of drug-likeness (QED) is 0.691. The maximum Gasteiger partial charge on any atom is 0.143 e. The predicted molar refractivity (Wildman–Crippen MR) is 93.7 cm³/mol. The normalized spacial score (nSPS) is 17.9. The molecule has 1 atom stereocenters. The third-order valence-electron chi connectivity index (χ3n) is 5.23. The van der Waals surface area contributed by atoms with E-state index in [1.807, 2.05) is 30.3 Å². The lowest BCUT2D eigenvalue weighted by Crippen LogP contribution is -2.00. The van der Waals surface area contributed by atoms with E-state index in [2.05, 4.69) is 22.3 Å². The number of nitrogens with one attached hydrogen (secondary N) is 1. The first-order valence-electron chi connectivity index (χ1n) is 8.49. The lowest BCUT2D eigenvalue weighted by Gasteiger charge is -2.08. The summed E-state index contributed by atoms with van der Waals surface area (Å²) in [5.74, 6) is 0.917. The van der Waals surface area contributed by atoms with Gasteiger partial charge in [-0.05, 0) is 47.9 Å². The van der Waals surface area contributed by atoms with Crippen LogP contribution in [0, 0.1) is 4.91 Å². The number of imidazole rings is 1. The Balaban J connectivity index is 1.75. The van der Waals surface area contributed by atoms with E-state index in [0.29, 0.717) is 0 Å². The van der Waals surface area contributed by atoms with E-state index in [0.717, 1.165) is 46.5 Å². The molecule has 1 heterocycles. The van der Waals surface area contributed by atoms with E-state index in [-0.39, 0.29) is 0 Å². The molecule has 1 N–H and O–H groups in total. The molecular formula is C20H17N3O. The van der Waals surface area contributed by atoms with Gasteiger partial charge in [-0.3, -0.25) is 0 Å². The summed E-state index contributed by atoms with van der Waals surface area (Å²) in [6.07, 6.45) is 4.56. The first-order chi connectivity index (χ1) is 11.9. The molecule has 2 aliphatic rings. The summed E-state index contributed by atoms with van der Waals surface area (Å²) < 4.78 is 0. The van der Waals surface area contributed by atoms with Crippen LogP contribution >= 0.6 is 0 Å². The lowest BCUT2D eigenvalue weighted by atomic mass is 9.99. The van der Waals surface area contributed by atoms with Gasteiger partial charge in [-0.1, -0.05) is 47.6 Å². The minimum absolute atomic E-state index is 0.416. The molecule has 2 aliphatic carbocycles. The van der Waals surface area contributed by atoms with Gasteiger partial charge in [0.25, 0.3) is 0 Å². The van der Waals surface area contributed by atoms with Crippen molar-refractivity contribution in [3.63, 3.8) is 0 Å². The van der Waals surface area contributed by atoms with Gasteiger partial charge in [0.05, 0.1) is 5.69 Å². The summed E-state index contributed by atoms with van der Waals surface area (Å²) in [4.78, 5) is 19.8. The van der Waals surface area contributed by atoms with E-state index in [1.165, 1.54) is 24.2 Å². The van der Waals surface area contributed by atoms with Crippen molar-refractivity contribution in [2.45, 2.75) is 31.7 Å². The maximum absolute atomic E-state index is 11.5. The Labute approximate surface area is 139 Å². The van der Waals surface area contributed by atoms with Crippen LogP contribution in [0.3, 0.4) is 0 Å². The SMILES string of the molecule is O=NC1c2ccccc2-c2c(-c3nc4c([nH]3)CCCC4)cccc21. The molecule has 0 spiro atoms. The summed E-state index contributed by atoms with van der Waals surface area (Å²) in [7, 11) is 0. The fourth-order valence-corrected chi connectivity index (χ4v) is 4.12. The average molecular weight is 315 g/mol. The third kappa shape index (κ3) is 1.83. The van der Waals surface area contributed by atoms with Crippen molar-refractivity contribution in [3.05, 3.63) is 69.9 Å². The number of nitroso groups, excluding NO2 is 1. The second-order valence-electron chi connectivity index (χ2n) is 6.58. The highest BCUT2D eigenvalue weighted by Gasteiger charge is 2.32. The van der Waals surface area contributed by atoms with Crippen LogP contribution in [0.1, 0.15) is 41.4 Å². The fraction of sp³-hybridized carbons (Fsp3) is 0.250. The number of aromatic nitrogens is 2. The molecule has 0 saturated heterocycles. The second-order valence-corrected chi connectivity index (χ2v) is 6.58. The number of hydrogen-bond acceptors (Lipinski definition) is 3. The Morgan fingerprint density at radius 1 is 0.958 bits per heavy atom. The molecule has 1 unspecified atom stereocenters. The summed E-state index contributed by atoms with van der Waals surface area (Å²) >= 11 is 0. The zero-order valence-electron chi connectivity index (χ0n) is 13.2. The van der Waals surface area contributed by atoms with E-state index < -0.39 is 6.04 Å². The number of fused-ring (bicyclic) bond motifs is 4. The Morgan fingerprint density at radius 2 is 1.75 bits per heavy atom. The van der Waals surface area contributed by atoms with Crippen LogP contribution in [0.25, 0.3) is 22.5 Å². The predicted octanol–water partition coefficient (Wildman–Crippen LogP) is 4.79. The monoisotopic (exact) mass is 315 g/mol. The zero-order chi connectivity index (χ0) is 16.1. The molecule has 118 valence electrons. The van der Waals surface area contributed by atoms with Gasteiger partial charge in [0.15, 0.2) is 0 Å². The molecule has 0 saturated carbocycles. The van der Waals surface area contributed by atoms with Crippen molar-refractivity contribution in [1.82, 2.24) is 9.97 Å². The molecule has 4 heteroatoms. The highest BCUT2D eigenvalue weighted by Crippen LogP contribution is 2.49. The van der Waals surface area contributed by atoms with E-state index in [4.69, 9.17) is 4.98 Å². The standard InChI is InChI=1S/C20H17N3O/c24-23-19-13-7-2-1-6-12(13)18-14(19)8-5-9-15(18)20-21-16-10-3-4-11-17(16)22-20/h1-2,5-9,19H,3-4,10-11H2,(H,21,22). The van der Waals surface area contributed by atoms with E-state index >= 15 is 0 Å². The Bertz CT molecular complexity index is 934. The molecule has 2 aromatic carbocycles. The van der Waals surface area contributed by atoms with Crippen LogP contribution in [0.15, 0.2) is 47.6 Å². The summed E-state index contributed by atoms with van der Waals surface area (Å²) in [5, 5.41) is 3.39. The summed E-state index contributed by atoms with van der Waals surface area (Å²) in [6, 6.07) is 13.7. The molecule has 0 aliphatic heterocycles. The van der Waals surface area contributed by atoms with Crippen LogP contribution in [-0.4, -0.2) is 9.97 Å². The van der Waals surface area contributed by atoms with Gasteiger partial charge < -0.3 is 4.98 Å². The molecule has 0 fully saturated rings. The summed E-state index contributed by atoms with van der Waals surface area (Å²) in [5.41, 5.74) is 7.71. The van der Waals surface area contributed by atoms with Gasteiger partial charge in [-0.15, -0.1) is 4.91 Å². The lowest BCUT2D eigenvalue weighted by molar-refractivity contribution is 0.667. The molecule has 24 heavy (non-hydrogen) atoms. The van der Waals surface area contributed by atoms with Crippen LogP contribution in [0.2, 0.25) is 0 Å².